The minimum atomic E-state index is -0.384. The number of nitrogens with zero attached hydrogens (tertiary/aromatic N) is 3. The minimum Gasteiger partial charge on any atom is -0.345 e. The summed E-state index contributed by atoms with van der Waals surface area (Å²) in [6, 6.07) is 12.3. The third-order valence-corrected chi connectivity index (χ3v) is 3.37. The van der Waals surface area contributed by atoms with Crippen molar-refractivity contribution < 1.29 is 9.59 Å². The first-order valence-electron chi connectivity index (χ1n) is 7.64. The summed E-state index contributed by atoms with van der Waals surface area (Å²) >= 11 is 0. The lowest BCUT2D eigenvalue weighted by Gasteiger charge is -2.02. The Balaban J connectivity index is 1.54. The molecule has 3 N–H and O–H groups in total. The number of pyridine rings is 2. The van der Waals surface area contributed by atoms with Crippen molar-refractivity contribution in [2.75, 3.05) is 0 Å². The van der Waals surface area contributed by atoms with Crippen LogP contribution in [0.4, 0.5) is 0 Å². The molecule has 3 rings (SSSR count). The van der Waals surface area contributed by atoms with E-state index in [2.05, 4.69) is 30.8 Å². The maximum absolute atomic E-state index is 12.1. The Bertz CT molecular complexity index is 778. The Kier molecular flexibility index (Phi) is 5.10. The van der Waals surface area contributed by atoms with Crippen LogP contribution in [0.5, 0.6) is 0 Å². The number of aromatic nitrogens is 4. The number of H-pyrrole nitrogens is 1. The summed E-state index contributed by atoms with van der Waals surface area (Å²) in [7, 11) is 0. The summed E-state index contributed by atoms with van der Waals surface area (Å²) in [6.07, 6.45) is 3.31. The normalized spacial score (nSPS) is 10.2. The van der Waals surface area contributed by atoms with Crippen molar-refractivity contribution in [1.82, 2.24) is 30.8 Å². The first-order chi connectivity index (χ1) is 12.2. The Morgan fingerprint density at radius 3 is 2.04 bits per heavy atom. The number of nitrogens with one attached hydrogen (secondary N) is 3. The molecule has 0 saturated carbocycles. The maximum atomic E-state index is 12.1. The zero-order chi connectivity index (χ0) is 17.5. The van der Waals surface area contributed by atoms with Gasteiger partial charge in [-0.15, -0.1) is 0 Å². The number of hydrogen-bond acceptors (Lipinski definition) is 5. The second-order valence-corrected chi connectivity index (χ2v) is 5.17. The molecule has 3 aromatic rings. The second-order valence-electron chi connectivity index (χ2n) is 5.17. The first kappa shape index (κ1) is 16.3. The highest BCUT2D eigenvalue weighted by atomic mass is 16.2. The van der Waals surface area contributed by atoms with Gasteiger partial charge < -0.3 is 10.6 Å². The third-order valence-electron chi connectivity index (χ3n) is 3.37. The van der Waals surface area contributed by atoms with E-state index in [-0.39, 0.29) is 29.7 Å². The van der Waals surface area contributed by atoms with E-state index in [1.807, 2.05) is 18.2 Å². The average Bonchev–Trinajstić information content (AvgIpc) is 3.16. The first-order valence-corrected chi connectivity index (χ1v) is 7.64. The van der Waals surface area contributed by atoms with E-state index < -0.39 is 0 Å². The summed E-state index contributed by atoms with van der Waals surface area (Å²) in [5.41, 5.74) is 1.82. The van der Waals surface area contributed by atoms with Crippen LogP contribution < -0.4 is 10.6 Å². The Morgan fingerprint density at radius 1 is 0.880 bits per heavy atom. The SMILES string of the molecule is O=C(NCc1ccccn1)c1cc(C(=O)NCc2ccccn2)[nH]n1. The van der Waals surface area contributed by atoms with Crippen molar-refractivity contribution >= 4 is 11.8 Å². The van der Waals surface area contributed by atoms with E-state index in [0.717, 1.165) is 11.4 Å². The predicted octanol–water partition coefficient (Wildman–Crippen LogP) is 1.06. The van der Waals surface area contributed by atoms with E-state index in [4.69, 9.17) is 0 Å². The van der Waals surface area contributed by atoms with E-state index in [1.165, 1.54) is 6.07 Å². The Hall–Kier alpha value is -3.55. The fourth-order valence-electron chi connectivity index (χ4n) is 2.09. The molecule has 3 heterocycles. The van der Waals surface area contributed by atoms with Crippen LogP contribution >= 0.6 is 0 Å². The predicted molar refractivity (Wildman–Crippen MR) is 89.4 cm³/mol. The number of carbonyl (C=O) groups excluding carboxylic acids is 2. The van der Waals surface area contributed by atoms with E-state index >= 15 is 0 Å². The number of aromatic amines is 1. The van der Waals surface area contributed by atoms with Gasteiger partial charge in [0, 0.05) is 18.5 Å². The van der Waals surface area contributed by atoms with Gasteiger partial charge >= 0.3 is 0 Å². The Morgan fingerprint density at radius 2 is 1.48 bits per heavy atom. The molecular formula is C17H16N6O2. The van der Waals surface area contributed by atoms with Crippen molar-refractivity contribution in [3.05, 3.63) is 77.6 Å². The molecule has 0 aliphatic carbocycles. The van der Waals surface area contributed by atoms with Gasteiger partial charge in [-0.2, -0.15) is 5.10 Å². The largest absolute Gasteiger partial charge is 0.345 e. The van der Waals surface area contributed by atoms with Gasteiger partial charge in [0.15, 0.2) is 5.69 Å². The highest BCUT2D eigenvalue weighted by Gasteiger charge is 2.14. The van der Waals surface area contributed by atoms with E-state index in [0.29, 0.717) is 6.54 Å². The minimum absolute atomic E-state index is 0.138. The van der Waals surface area contributed by atoms with Crippen molar-refractivity contribution in [1.29, 1.82) is 0 Å². The van der Waals surface area contributed by atoms with E-state index in [1.54, 1.807) is 30.6 Å². The van der Waals surface area contributed by atoms with Gasteiger partial charge in [-0.05, 0) is 24.3 Å². The van der Waals surface area contributed by atoms with Crippen LogP contribution in [0.2, 0.25) is 0 Å². The lowest BCUT2D eigenvalue weighted by Crippen LogP contribution is -2.24. The molecule has 0 spiro atoms. The zero-order valence-electron chi connectivity index (χ0n) is 13.3. The molecule has 0 aliphatic rings. The lowest BCUT2D eigenvalue weighted by atomic mass is 10.3. The molecule has 25 heavy (non-hydrogen) atoms. The van der Waals surface area contributed by atoms with Crippen molar-refractivity contribution in [2.24, 2.45) is 0 Å². The molecular weight excluding hydrogens is 320 g/mol. The van der Waals surface area contributed by atoms with Gasteiger partial charge in [-0.25, -0.2) is 0 Å². The van der Waals surface area contributed by atoms with Crippen LogP contribution in [-0.2, 0) is 13.1 Å². The van der Waals surface area contributed by atoms with Crippen LogP contribution in [-0.4, -0.2) is 32.0 Å². The van der Waals surface area contributed by atoms with Gasteiger partial charge in [0.1, 0.15) is 5.69 Å². The van der Waals surface area contributed by atoms with Crippen LogP contribution in [0.25, 0.3) is 0 Å². The molecule has 8 nitrogen and oxygen atoms in total. The highest BCUT2D eigenvalue weighted by Crippen LogP contribution is 2.02. The van der Waals surface area contributed by atoms with Crippen LogP contribution in [0.15, 0.2) is 54.9 Å². The second kappa shape index (κ2) is 7.82. The fraction of sp³-hybridized carbons (Fsp3) is 0.118. The van der Waals surface area contributed by atoms with Gasteiger partial charge in [0.05, 0.1) is 24.5 Å². The quantitative estimate of drug-likeness (QED) is 0.623. The molecule has 0 aliphatic heterocycles. The number of hydrogen-bond donors (Lipinski definition) is 3. The molecule has 0 bridgehead atoms. The van der Waals surface area contributed by atoms with Crippen LogP contribution in [0, 0.1) is 0 Å². The Labute approximate surface area is 143 Å². The molecule has 0 radical (unpaired) electrons. The van der Waals surface area contributed by atoms with Crippen molar-refractivity contribution in [2.45, 2.75) is 13.1 Å². The number of amides is 2. The average molecular weight is 336 g/mol. The highest BCUT2D eigenvalue weighted by molar-refractivity contribution is 5.97. The summed E-state index contributed by atoms with van der Waals surface area (Å²) in [6.45, 7) is 0.577. The maximum Gasteiger partial charge on any atom is 0.272 e. The van der Waals surface area contributed by atoms with Crippen molar-refractivity contribution in [3.8, 4) is 0 Å². The fourth-order valence-corrected chi connectivity index (χ4v) is 2.09. The molecule has 0 fully saturated rings. The van der Waals surface area contributed by atoms with Crippen molar-refractivity contribution in [3.63, 3.8) is 0 Å². The smallest absolute Gasteiger partial charge is 0.272 e. The zero-order valence-corrected chi connectivity index (χ0v) is 13.3. The summed E-state index contributed by atoms with van der Waals surface area (Å²) < 4.78 is 0. The molecule has 0 unspecified atom stereocenters. The molecule has 126 valence electrons. The van der Waals surface area contributed by atoms with E-state index in [9.17, 15) is 9.59 Å². The summed E-state index contributed by atoms with van der Waals surface area (Å²) in [4.78, 5) is 32.4. The number of rotatable bonds is 6. The van der Waals surface area contributed by atoms with Gasteiger partial charge in [-0.3, -0.25) is 24.7 Å². The topological polar surface area (TPSA) is 113 Å². The molecule has 2 amide bonds. The van der Waals surface area contributed by atoms with Gasteiger partial charge in [0.2, 0.25) is 0 Å². The number of carbonyl (C=O) groups is 2. The molecule has 0 saturated heterocycles. The molecule has 0 aromatic carbocycles. The van der Waals surface area contributed by atoms with Crippen LogP contribution in [0.1, 0.15) is 32.4 Å². The van der Waals surface area contributed by atoms with Gasteiger partial charge in [-0.1, -0.05) is 12.1 Å². The van der Waals surface area contributed by atoms with Gasteiger partial charge in [0.25, 0.3) is 11.8 Å². The monoisotopic (exact) mass is 336 g/mol. The standard InChI is InChI=1S/C17H16N6O2/c24-16(20-10-12-5-1-3-7-18-12)14-9-15(23-22-14)17(25)21-11-13-6-2-4-8-19-13/h1-9H,10-11H2,(H,20,24)(H,21,25)(H,22,23). The summed E-state index contributed by atoms with van der Waals surface area (Å²) in [5.74, 6) is -0.743. The lowest BCUT2D eigenvalue weighted by molar-refractivity contribution is 0.0939. The van der Waals surface area contributed by atoms with Crippen LogP contribution in [0.3, 0.4) is 0 Å². The summed E-state index contributed by atoms with van der Waals surface area (Å²) in [5, 5.41) is 11.8. The molecule has 3 aromatic heterocycles. The molecule has 8 heteroatoms. The third kappa shape index (κ3) is 4.47. The molecule has 0 atom stereocenters.